The molecule has 0 aromatic heterocycles. The van der Waals surface area contributed by atoms with Gasteiger partial charge in [0.1, 0.15) is 30.0 Å². The molecular formula is C43H73NO8. The van der Waals surface area contributed by atoms with Gasteiger partial charge in [0.15, 0.2) is 0 Å². The Hall–Kier alpha value is -3.48. The van der Waals surface area contributed by atoms with Gasteiger partial charge < -0.3 is 29.1 Å². The number of amides is 1. The molecule has 1 N–H and O–H groups in total. The Kier molecular flexibility index (Phi) is 37.9. The highest BCUT2D eigenvalue weighted by Crippen LogP contribution is 2.23. The van der Waals surface area contributed by atoms with Crippen molar-refractivity contribution in [1.29, 1.82) is 0 Å². The van der Waals surface area contributed by atoms with Crippen LogP contribution in [0.15, 0.2) is 36.4 Å². The largest absolute Gasteiger partial charge is 0.481 e. The van der Waals surface area contributed by atoms with E-state index in [0.29, 0.717) is 38.2 Å². The quantitative estimate of drug-likeness (QED) is 0.0390. The van der Waals surface area contributed by atoms with Gasteiger partial charge in [-0.2, -0.15) is 0 Å². The van der Waals surface area contributed by atoms with Crippen LogP contribution in [0.3, 0.4) is 0 Å². The zero-order valence-electron chi connectivity index (χ0n) is 34.5. The number of Topliss-reactive ketones (excluding diaryl/α,β-unsaturated/α-hetero) is 1. The van der Waals surface area contributed by atoms with Crippen molar-refractivity contribution in [1.82, 2.24) is 5.32 Å². The van der Waals surface area contributed by atoms with Gasteiger partial charge in [-0.15, -0.1) is 5.92 Å². The molecule has 9 heteroatoms. The third-order valence-electron chi connectivity index (χ3n) is 7.12. The number of carbonyl (C=O) groups is 4. The van der Waals surface area contributed by atoms with Crippen LogP contribution >= 0.6 is 0 Å². The molecule has 0 bridgehead atoms. The van der Waals surface area contributed by atoms with Gasteiger partial charge in [0.2, 0.25) is 6.41 Å². The Morgan fingerprint density at radius 1 is 0.923 bits per heavy atom. The number of rotatable bonds is 23. The fourth-order valence-corrected chi connectivity index (χ4v) is 4.50. The molecule has 1 rings (SSSR count). The Labute approximate surface area is 317 Å². The van der Waals surface area contributed by atoms with E-state index in [1.807, 2.05) is 45.0 Å². The van der Waals surface area contributed by atoms with Crippen LogP contribution in [0.4, 0.5) is 0 Å². The summed E-state index contributed by atoms with van der Waals surface area (Å²) in [5.41, 5.74) is 0.486. The molecule has 3 atom stereocenters. The molecule has 298 valence electrons. The van der Waals surface area contributed by atoms with Crippen LogP contribution < -0.4 is 10.1 Å². The molecule has 0 spiro atoms. The second-order valence-corrected chi connectivity index (χ2v) is 13.5. The zero-order chi connectivity index (χ0) is 40.0. The number of nitrogens with one attached hydrogen (secondary N) is 1. The number of esters is 1. The van der Waals surface area contributed by atoms with Crippen LogP contribution in [0, 0.1) is 23.7 Å². The van der Waals surface area contributed by atoms with E-state index in [1.54, 1.807) is 28.3 Å². The lowest BCUT2D eigenvalue weighted by atomic mass is 9.90. The maximum atomic E-state index is 12.5. The normalized spacial score (nSPS) is 12.1. The number of aldehydes is 1. The SMILES string of the molecule is CC#CCOc1ccc(C[C@@H](C=O)NC=O)cc1.CCC.CCCCC(=O)CCCCCC/C=C/[C@H](C)[C@@H](CCOC)C(=O)OC(C)(C)C.COC. The standard InChI is InChI=1S/C24H44O4.C14H15NO3.C3H8.C2H6O/c1-7-8-16-21(25)17-14-12-10-9-11-13-15-20(2)22(18-19-27-6)23(26)28-24(3,4)5;1-2-3-8-18-14-6-4-12(5-7-14)9-13(10-16)15-11-17;2*1-3-2/h13,15,20,22H,7-12,14,16-19H2,1-6H3;4-7,10-11,13H,8-9H2,1H3,(H,15,17);3H2,1-2H3;1-2H3/b15-13+;;;/t20-,22+;13-;;/m00../s1. The van der Waals surface area contributed by atoms with Gasteiger partial charge >= 0.3 is 5.97 Å². The molecule has 1 aromatic carbocycles. The van der Waals surface area contributed by atoms with E-state index in [1.165, 1.54) is 6.42 Å². The summed E-state index contributed by atoms with van der Waals surface area (Å²) in [6.07, 6.45) is 17.0. The first kappa shape index (κ1) is 52.9. The molecule has 0 fully saturated rings. The summed E-state index contributed by atoms with van der Waals surface area (Å²) in [4.78, 5) is 45.1. The predicted molar refractivity (Wildman–Crippen MR) is 213 cm³/mol. The van der Waals surface area contributed by atoms with Crippen molar-refractivity contribution in [2.45, 2.75) is 144 Å². The maximum Gasteiger partial charge on any atom is 0.310 e. The fraction of sp³-hybridized carbons (Fsp3) is 0.674. The smallest absolute Gasteiger partial charge is 0.310 e. The molecule has 0 heterocycles. The van der Waals surface area contributed by atoms with Crippen molar-refractivity contribution in [3.63, 3.8) is 0 Å². The van der Waals surface area contributed by atoms with Crippen LogP contribution in [0.25, 0.3) is 0 Å². The van der Waals surface area contributed by atoms with Crippen molar-refractivity contribution in [3.8, 4) is 17.6 Å². The maximum absolute atomic E-state index is 12.5. The van der Waals surface area contributed by atoms with E-state index in [0.717, 1.165) is 75.4 Å². The topological polar surface area (TPSA) is 117 Å². The molecule has 1 aromatic rings. The fourth-order valence-electron chi connectivity index (χ4n) is 4.50. The first-order valence-corrected chi connectivity index (χ1v) is 18.9. The molecule has 52 heavy (non-hydrogen) atoms. The summed E-state index contributed by atoms with van der Waals surface area (Å²) in [5, 5.41) is 2.44. The first-order chi connectivity index (χ1) is 24.8. The van der Waals surface area contributed by atoms with E-state index in [-0.39, 0.29) is 17.8 Å². The van der Waals surface area contributed by atoms with E-state index in [2.05, 4.69) is 61.7 Å². The Morgan fingerprint density at radius 3 is 2.04 bits per heavy atom. The van der Waals surface area contributed by atoms with Gasteiger partial charge in [0, 0.05) is 40.8 Å². The minimum atomic E-state index is -0.486. The van der Waals surface area contributed by atoms with Crippen LogP contribution in [-0.2, 0) is 39.8 Å². The van der Waals surface area contributed by atoms with E-state index >= 15 is 0 Å². The van der Waals surface area contributed by atoms with Crippen molar-refractivity contribution in [2.75, 3.05) is 34.5 Å². The molecular weight excluding hydrogens is 658 g/mol. The number of allylic oxidation sites excluding steroid dienone is 2. The van der Waals surface area contributed by atoms with Gasteiger partial charge in [-0.3, -0.25) is 14.4 Å². The number of hydrogen-bond donors (Lipinski definition) is 1. The Morgan fingerprint density at radius 2 is 1.52 bits per heavy atom. The highest BCUT2D eigenvalue weighted by atomic mass is 16.6. The van der Waals surface area contributed by atoms with Crippen LogP contribution in [0.2, 0.25) is 0 Å². The summed E-state index contributed by atoms with van der Waals surface area (Å²) < 4.78 is 20.4. The number of ketones is 1. The van der Waals surface area contributed by atoms with Gasteiger partial charge in [0.05, 0.1) is 12.0 Å². The molecule has 0 aliphatic heterocycles. The number of benzene rings is 1. The van der Waals surface area contributed by atoms with Gasteiger partial charge in [0.25, 0.3) is 0 Å². The van der Waals surface area contributed by atoms with E-state index < -0.39 is 11.6 Å². The number of hydrogen-bond acceptors (Lipinski definition) is 8. The highest BCUT2D eigenvalue weighted by Gasteiger charge is 2.28. The molecule has 0 aliphatic rings. The summed E-state index contributed by atoms with van der Waals surface area (Å²) in [7, 11) is 4.91. The molecule has 9 nitrogen and oxygen atoms in total. The molecule has 0 aliphatic carbocycles. The number of unbranched alkanes of at least 4 members (excludes halogenated alkanes) is 5. The molecule has 1 amide bonds. The van der Waals surface area contributed by atoms with Crippen LogP contribution in [0.1, 0.15) is 132 Å². The summed E-state index contributed by atoms with van der Waals surface area (Å²) in [6, 6.07) is 6.86. The predicted octanol–water partition coefficient (Wildman–Crippen LogP) is 8.90. The van der Waals surface area contributed by atoms with Crippen molar-refractivity contribution in [3.05, 3.63) is 42.0 Å². The monoisotopic (exact) mass is 732 g/mol. The third-order valence-corrected chi connectivity index (χ3v) is 7.12. The lowest BCUT2D eigenvalue weighted by molar-refractivity contribution is -0.162. The van der Waals surface area contributed by atoms with Crippen LogP contribution in [0.5, 0.6) is 5.75 Å². The highest BCUT2D eigenvalue weighted by molar-refractivity contribution is 5.78. The number of carbonyl (C=O) groups excluding carboxylic acids is 4. The van der Waals surface area contributed by atoms with Gasteiger partial charge in [-0.1, -0.05) is 83.6 Å². The third kappa shape index (κ3) is 34.9. The minimum Gasteiger partial charge on any atom is -0.481 e. The summed E-state index contributed by atoms with van der Waals surface area (Å²) >= 11 is 0. The second-order valence-electron chi connectivity index (χ2n) is 13.5. The van der Waals surface area contributed by atoms with Crippen molar-refractivity contribution < 1.29 is 38.1 Å². The molecule has 0 radical (unpaired) electrons. The van der Waals surface area contributed by atoms with E-state index in [4.69, 9.17) is 14.2 Å². The average molecular weight is 732 g/mol. The molecule has 0 unspecified atom stereocenters. The van der Waals surface area contributed by atoms with Crippen molar-refractivity contribution in [2.24, 2.45) is 11.8 Å². The summed E-state index contributed by atoms with van der Waals surface area (Å²) in [6.45, 7) is 16.8. The lowest BCUT2D eigenvalue weighted by Gasteiger charge is -2.26. The average Bonchev–Trinajstić information content (AvgIpc) is 3.09. The number of ether oxygens (including phenoxy) is 4. The van der Waals surface area contributed by atoms with Gasteiger partial charge in [-0.25, -0.2) is 0 Å². The molecule has 0 saturated carbocycles. The van der Waals surface area contributed by atoms with Crippen molar-refractivity contribution >= 4 is 24.4 Å². The minimum absolute atomic E-state index is 0.126. The Bertz CT molecular complexity index is 1100. The lowest BCUT2D eigenvalue weighted by Crippen LogP contribution is -2.32. The first-order valence-electron chi connectivity index (χ1n) is 18.9. The number of methoxy groups -OCH3 is 2. The van der Waals surface area contributed by atoms with Crippen LogP contribution in [-0.4, -0.2) is 70.6 Å². The van der Waals surface area contributed by atoms with Gasteiger partial charge in [-0.05, 0) is 89.8 Å². The molecule has 0 saturated heterocycles. The zero-order valence-corrected chi connectivity index (χ0v) is 34.5. The Balaban J connectivity index is -0.000000851. The summed E-state index contributed by atoms with van der Waals surface area (Å²) in [5.74, 6) is 6.50. The second kappa shape index (κ2) is 37.3. The van der Waals surface area contributed by atoms with E-state index in [9.17, 15) is 19.2 Å².